The molecule has 0 atom stereocenters. The van der Waals surface area contributed by atoms with Gasteiger partial charge in [-0.25, -0.2) is 4.39 Å². The number of methoxy groups -OCH3 is 1. The number of carbonyl (C=O) groups excluding carboxylic acids is 1. The van der Waals surface area contributed by atoms with Crippen molar-refractivity contribution in [1.29, 1.82) is 0 Å². The first kappa shape index (κ1) is 22.4. The lowest BCUT2D eigenvalue weighted by Gasteiger charge is -2.37. The first-order valence-electron chi connectivity index (χ1n) is 10.3. The highest BCUT2D eigenvalue weighted by Crippen LogP contribution is 2.28. The second kappa shape index (κ2) is 10.6. The fourth-order valence-electron chi connectivity index (χ4n) is 3.80. The summed E-state index contributed by atoms with van der Waals surface area (Å²) in [6.45, 7) is 2.60. The largest absolute Gasteiger partial charge is 0.495 e. The number of hydrogen-bond donors (Lipinski definition) is 1. The Hall–Kier alpha value is -2.31. The number of nitrogens with one attached hydrogen (secondary N) is 1. The van der Waals surface area contributed by atoms with E-state index in [0.717, 1.165) is 31.6 Å². The highest BCUT2D eigenvalue weighted by molar-refractivity contribution is 6.30. The van der Waals surface area contributed by atoms with Crippen LogP contribution < -0.4 is 10.1 Å². The molecule has 0 aromatic heterocycles. The number of piperidine rings is 1. The molecule has 5 nitrogen and oxygen atoms in total. The van der Waals surface area contributed by atoms with Crippen molar-refractivity contribution in [3.05, 3.63) is 58.9 Å². The van der Waals surface area contributed by atoms with E-state index in [1.807, 2.05) is 11.0 Å². The lowest BCUT2D eigenvalue weighted by atomic mass is 10.0. The second-order valence-corrected chi connectivity index (χ2v) is 8.11. The molecule has 7 heteroatoms. The van der Waals surface area contributed by atoms with Gasteiger partial charge in [-0.15, -0.1) is 0 Å². The minimum atomic E-state index is -0.273. The van der Waals surface area contributed by atoms with Gasteiger partial charge in [0.2, 0.25) is 5.91 Å². The smallest absolute Gasteiger partial charge is 0.224 e. The number of amides is 1. The maximum atomic E-state index is 14.3. The van der Waals surface area contributed by atoms with Gasteiger partial charge in [-0.2, -0.15) is 0 Å². The highest BCUT2D eigenvalue weighted by Gasteiger charge is 2.27. The van der Waals surface area contributed by atoms with E-state index >= 15 is 0 Å². The quantitative estimate of drug-likeness (QED) is 0.669. The van der Waals surface area contributed by atoms with Crippen LogP contribution in [0.5, 0.6) is 5.75 Å². The van der Waals surface area contributed by atoms with Crippen molar-refractivity contribution in [1.82, 2.24) is 9.80 Å². The Morgan fingerprint density at radius 2 is 2.00 bits per heavy atom. The Bertz CT molecular complexity index is 856. The summed E-state index contributed by atoms with van der Waals surface area (Å²) in [5.41, 5.74) is 1.30. The Morgan fingerprint density at radius 3 is 2.70 bits per heavy atom. The number of benzene rings is 2. The molecule has 1 amide bonds. The molecule has 30 heavy (non-hydrogen) atoms. The zero-order valence-corrected chi connectivity index (χ0v) is 18.3. The molecule has 1 fully saturated rings. The van der Waals surface area contributed by atoms with Crippen LogP contribution in [0, 0.1) is 5.82 Å². The Balaban J connectivity index is 1.67. The van der Waals surface area contributed by atoms with Crippen LogP contribution in [-0.2, 0) is 11.3 Å². The Morgan fingerprint density at radius 1 is 1.27 bits per heavy atom. The molecule has 1 N–H and O–H groups in total. The van der Waals surface area contributed by atoms with Crippen LogP contribution >= 0.6 is 11.6 Å². The van der Waals surface area contributed by atoms with Gasteiger partial charge in [-0.05, 0) is 57.2 Å². The fraction of sp³-hybridized carbons (Fsp3) is 0.435. The molecule has 2 aromatic carbocycles. The minimum absolute atomic E-state index is 0.0151. The van der Waals surface area contributed by atoms with Gasteiger partial charge in [-0.1, -0.05) is 29.8 Å². The Kier molecular flexibility index (Phi) is 7.94. The molecular weight excluding hydrogens is 405 g/mol. The maximum Gasteiger partial charge on any atom is 0.224 e. The standard InChI is InChI=1S/C23H29ClFN3O2/c1-27-13-10-19(11-14-27)28(16-17-5-3-4-6-20(17)25)23(29)9-12-26-21-15-18(24)7-8-22(21)30-2/h3-8,15,19,26H,9-14,16H2,1-2H3. The fourth-order valence-corrected chi connectivity index (χ4v) is 3.98. The summed E-state index contributed by atoms with van der Waals surface area (Å²) in [7, 11) is 3.68. The minimum Gasteiger partial charge on any atom is -0.495 e. The number of anilines is 1. The molecule has 0 bridgehead atoms. The summed E-state index contributed by atoms with van der Waals surface area (Å²) in [5.74, 6) is 0.414. The van der Waals surface area contributed by atoms with Gasteiger partial charge in [-0.3, -0.25) is 4.79 Å². The lowest BCUT2D eigenvalue weighted by molar-refractivity contribution is -0.135. The molecule has 0 unspecified atom stereocenters. The monoisotopic (exact) mass is 433 g/mol. The first-order chi connectivity index (χ1) is 14.5. The summed E-state index contributed by atoms with van der Waals surface area (Å²) in [4.78, 5) is 17.3. The maximum absolute atomic E-state index is 14.3. The third kappa shape index (κ3) is 5.86. The van der Waals surface area contributed by atoms with Crippen molar-refractivity contribution in [3.63, 3.8) is 0 Å². The number of nitrogens with zero attached hydrogens (tertiary/aromatic N) is 2. The summed E-state index contributed by atoms with van der Waals surface area (Å²) in [5, 5.41) is 3.83. The van der Waals surface area contributed by atoms with E-state index in [1.165, 1.54) is 6.07 Å². The molecule has 0 saturated carbocycles. The number of hydrogen-bond acceptors (Lipinski definition) is 4. The first-order valence-corrected chi connectivity index (χ1v) is 10.6. The van der Waals surface area contributed by atoms with E-state index in [2.05, 4.69) is 17.3 Å². The van der Waals surface area contributed by atoms with Crippen molar-refractivity contribution < 1.29 is 13.9 Å². The van der Waals surface area contributed by atoms with Gasteiger partial charge < -0.3 is 19.9 Å². The van der Waals surface area contributed by atoms with E-state index in [4.69, 9.17) is 16.3 Å². The van der Waals surface area contributed by atoms with Crippen LogP contribution in [0.3, 0.4) is 0 Å². The summed E-state index contributed by atoms with van der Waals surface area (Å²) in [6, 6.07) is 12.1. The number of likely N-dealkylation sites (tertiary alicyclic amines) is 1. The topological polar surface area (TPSA) is 44.8 Å². The van der Waals surface area contributed by atoms with E-state index in [9.17, 15) is 9.18 Å². The molecule has 1 aliphatic rings. The number of halogens is 2. The molecule has 1 aliphatic heterocycles. The van der Waals surface area contributed by atoms with E-state index in [0.29, 0.717) is 35.8 Å². The van der Waals surface area contributed by atoms with Gasteiger partial charge in [0.1, 0.15) is 11.6 Å². The number of ether oxygens (including phenoxy) is 1. The molecule has 162 valence electrons. The van der Waals surface area contributed by atoms with Crippen LogP contribution in [0.25, 0.3) is 0 Å². The predicted molar refractivity (Wildman–Crippen MR) is 119 cm³/mol. The molecule has 0 spiro atoms. The lowest BCUT2D eigenvalue weighted by Crippen LogP contribution is -2.46. The number of rotatable bonds is 8. The third-order valence-corrected chi connectivity index (χ3v) is 5.80. The molecule has 2 aromatic rings. The van der Waals surface area contributed by atoms with Crippen LogP contribution in [0.2, 0.25) is 5.02 Å². The van der Waals surface area contributed by atoms with Crippen molar-refractivity contribution >= 4 is 23.2 Å². The predicted octanol–water partition coefficient (Wildman–Crippen LogP) is 4.41. The molecule has 1 saturated heterocycles. The highest BCUT2D eigenvalue weighted by atomic mass is 35.5. The van der Waals surface area contributed by atoms with Gasteiger partial charge in [0, 0.05) is 36.1 Å². The van der Waals surface area contributed by atoms with Gasteiger partial charge in [0.05, 0.1) is 12.8 Å². The molecular formula is C23H29ClFN3O2. The zero-order chi connectivity index (χ0) is 21.5. The molecule has 0 aliphatic carbocycles. The zero-order valence-electron chi connectivity index (χ0n) is 17.5. The van der Waals surface area contributed by atoms with Crippen LogP contribution in [0.4, 0.5) is 10.1 Å². The van der Waals surface area contributed by atoms with Gasteiger partial charge in [0.25, 0.3) is 0 Å². The average Bonchev–Trinajstić information content (AvgIpc) is 2.74. The van der Waals surface area contributed by atoms with Crippen LogP contribution in [0.15, 0.2) is 42.5 Å². The van der Waals surface area contributed by atoms with Gasteiger partial charge >= 0.3 is 0 Å². The molecule has 3 rings (SSSR count). The van der Waals surface area contributed by atoms with E-state index in [-0.39, 0.29) is 17.8 Å². The van der Waals surface area contributed by atoms with E-state index in [1.54, 1.807) is 37.4 Å². The van der Waals surface area contributed by atoms with Gasteiger partial charge in [0.15, 0.2) is 0 Å². The summed E-state index contributed by atoms with van der Waals surface area (Å²) >= 11 is 6.07. The summed E-state index contributed by atoms with van der Waals surface area (Å²) in [6.07, 6.45) is 2.09. The molecule has 0 radical (unpaired) electrons. The second-order valence-electron chi connectivity index (χ2n) is 7.67. The van der Waals surface area contributed by atoms with Crippen molar-refractivity contribution in [2.24, 2.45) is 0 Å². The van der Waals surface area contributed by atoms with Crippen molar-refractivity contribution in [2.45, 2.75) is 31.8 Å². The van der Waals surface area contributed by atoms with Crippen molar-refractivity contribution in [3.8, 4) is 5.75 Å². The normalized spacial score (nSPS) is 15.1. The molecule has 1 heterocycles. The third-order valence-electron chi connectivity index (χ3n) is 5.56. The van der Waals surface area contributed by atoms with E-state index < -0.39 is 0 Å². The number of carbonyl (C=O) groups is 1. The van der Waals surface area contributed by atoms with Crippen molar-refractivity contribution in [2.75, 3.05) is 39.1 Å². The van der Waals surface area contributed by atoms with Crippen LogP contribution in [-0.4, -0.2) is 55.5 Å². The SMILES string of the molecule is COc1ccc(Cl)cc1NCCC(=O)N(Cc1ccccc1F)C1CCN(C)CC1. The average molecular weight is 434 g/mol. The Labute approximate surface area is 182 Å². The van der Waals surface area contributed by atoms with Crippen LogP contribution in [0.1, 0.15) is 24.8 Å². The summed E-state index contributed by atoms with van der Waals surface area (Å²) < 4.78 is 19.6.